The molecule has 0 saturated heterocycles. The van der Waals surface area contributed by atoms with Crippen molar-refractivity contribution in [2.24, 2.45) is 0 Å². The molecular formula is C26H23BrN4O4. The maximum absolute atomic E-state index is 12.4. The molecule has 3 aromatic carbocycles. The summed E-state index contributed by atoms with van der Waals surface area (Å²) in [6.07, 6.45) is 1.86. The first-order valence-electron chi connectivity index (χ1n) is 10.7. The molecule has 0 atom stereocenters. The minimum absolute atomic E-state index is 0.160. The number of rotatable bonds is 7. The fourth-order valence-electron chi connectivity index (χ4n) is 3.47. The third-order valence-corrected chi connectivity index (χ3v) is 5.80. The highest BCUT2D eigenvalue weighted by molar-refractivity contribution is 9.10. The van der Waals surface area contributed by atoms with Crippen LogP contribution in [0.1, 0.15) is 15.9 Å². The van der Waals surface area contributed by atoms with Crippen LogP contribution in [0, 0.1) is 0 Å². The lowest BCUT2D eigenvalue weighted by atomic mass is 10.1. The van der Waals surface area contributed by atoms with Crippen LogP contribution < -0.4 is 25.6 Å². The van der Waals surface area contributed by atoms with E-state index in [-0.39, 0.29) is 12.3 Å². The molecule has 0 radical (unpaired) electrons. The van der Waals surface area contributed by atoms with Crippen LogP contribution in [0.15, 0.2) is 77.4 Å². The summed E-state index contributed by atoms with van der Waals surface area (Å²) in [6.45, 7) is 0. The van der Waals surface area contributed by atoms with E-state index in [1.165, 1.54) is 0 Å². The Labute approximate surface area is 210 Å². The first kappa shape index (κ1) is 24.0. The van der Waals surface area contributed by atoms with Gasteiger partial charge in [-0.1, -0.05) is 28.1 Å². The first-order chi connectivity index (χ1) is 17.0. The molecule has 4 aromatic rings. The van der Waals surface area contributed by atoms with E-state index < -0.39 is 5.91 Å². The zero-order chi connectivity index (χ0) is 24.8. The van der Waals surface area contributed by atoms with Crippen LogP contribution in [0.5, 0.6) is 11.5 Å². The van der Waals surface area contributed by atoms with Gasteiger partial charge in [-0.2, -0.15) is 0 Å². The van der Waals surface area contributed by atoms with E-state index in [1.807, 2.05) is 42.5 Å². The van der Waals surface area contributed by atoms with Crippen molar-refractivity contribution >= 4 is 50.0 Å². The number of nitrogens with zero attached hydrogens (tertiary/aromatic N) is 1. The van der Waals surface area contributed by atoms with Gasteiger partial charge >= 0.3 is 0 Å². The zero-order valence-electron chi connectivity index (χ0n) is 19.1. The smallest absolute Gasteiger partial charge is 0.269 e. The number of aromatic nitrogens is 1. The highest BCUT2D eigenvalue weighted by Crippen LogP contribution is 2.35. The molecule has 35 heavy (non-hydrogen) atoms. The number of halogens is 1. The molecule has 0 fully saturated rings. The Morgan fingerprint density at radius 2 is 1.57 bits per heavy atom. The number of fused-ring (bicyclic) bond motifs is 1. The number of hydrogen-bond donors (Lipinski definition) is 3. The second kappa shape index (κ2) is 10.9. The summed E-state index contributed by atoms with van der Waals surface area (Å²) >= 11 is 3.36. The summed E-state index contributed by atoms with van der Waals surface area (Å²) in [4.78, 5) is 29.0. The number of ether oxygens (including phenoxy) is 2. The number of methoxy groups -OCH3 is 2. The minimum atomic E-state index is -0.410. The van der Waals surface area contributed by atoms with Gasteiger partial charge < -0.3 is 14.8 Å². The molecule has 8 nitrogen and oxygen atoms in total. The Balaban J connectivity index is 1.40. The monoisotopic (exact) mass is 534 g/mol. The predicted octanol–water partition coefficient (Wildman–Crippen LogP) is 4.76. The topological polar surface area (TPSA) is 102 Å². The Kier molecular flexibility index (Phi) is 7.47. The maximum atomic E-state index is 12.4. The Morgan fingerprint density at radius 1 is 0.886 bits per heavy atom. The summed E-state index contributed by atoms with van der Waals surface area (Å²) < 4.78 is 11.7. The van der Waals surface area contributed by atoms with E-state index >= 15 is 0 Å². The van der Waals surface area contributed by atoms with Crippen molar-refractivity contribution in [3.8, 4) is 11.5 Å². The second-order valence-electron chi connectivity index (χ2n) is 7.59. The van der Waals surface area contributed by atoms with Gasteiger partial charge in [0.2, 0.25) is 5.91 Å². The largest absolute Gasteiger partial charge is 0.493 e. The Hall–Kier alpha value is -4.11. The summed E-state index contributed by atoms with van der Waals surface area (Å²) in [7, 11) is 3.16. The molecule has 3 N–H and O–H groups in total. The molecule has 1 heterocycles. The molecule has 0 aliphatic heterocycles. The molecule has 0 saturated carbocycles. The fourth-order valence-corrected chi connectivity index (χ4v) is 3.74. The van der Waals surface area contributed by atoms with Crippen LogP contribution in [0.2, 0.25) is 0 Å². The lowest BCUT2D eigenvalue weighted by Gasteiger charge is -2.13. The van der Waals surface area contributed by atoms with E-state index in [0.29, 0.717) is 17.1 Å². The van der Waals surface area contributed by atoms with Crippen molar-refractivity contribution in [2.75, 3.05) is 19.5 Å². The van der Waals surface area contributed by atoms with Gasteiger partial charge in [-0.15, -0.1) is 0 Å². The third kappa shape index (κ3) is 5.88. The standard InChI is InChI=1S/C26H23BrN4O4/c1-34-23-14-20-21(11-12-28-22(20)15-24(23)35-2)29-19-9-5-17(6-10-19)26(33)31-30-25(32)13-16-3-7-18(27)8-4-16/h3-12,14-15H,13H2,1-2H3,(H,28,29)(H,30,32)(H,31,33). The number of nitrogens with one attached hydrogen (secondary N) is 3. The van der Waals surface area contributed by atoms with Gasteiger partial charge in [-0.05, 0) is 54.1 Å². The summed E-state index contributed by atoms with van der Waals surface area (Å²) in [5, 5.41) is 4.20. The highest BCUT2D eigenvalue weighted by Gasteiger charge is 2.11. The normalized spacial score (nSPS) is 10.5. The fraction of sp³-hybridized carbons (Fsp3) is 0.115. The van der Waals surface area contributed by atoms with Crippen LogP contribution in [0.3, 0.4) is 0 Å². The molecule has 0 aliphatic carbocycles. The Morgan fingerprint density at radius 3 is 2.26 bits per heavy atom. The quantitative estimate of drug-likeness (QED) is 0.295. The molecule has 9 heteroatoms. The van der Waals surface area contributed by atoms with Gasteiger partial charge in [0.1, 0.15) is 0 Å². The number of hydrazine groups is 1. The number of carbonyl (C=O) groups is 2. The lowest BCUT2D eigenvalue weighted by Crippen LogP contribution is -2.42. The zero-order valence-corrected chi connectivity index (χ0v) is 20.7. The summed E-state index contributed by atoms with van der Waals surface area (Å²) in [6, 6.07) is 19.9. The van der Waals surface area contributed by atoms with E-state index in [0.717, 1.165) is 32.3 Å². The third-order valence-electron chi connectivity index (χ3n) is 5.27. The van der Waals surface area contributed by atoms with Crippen molar-refractivity contribution in [1.82, 2.24) is 15.8 Å². The molecular weight excluding hydrogens is 512 g/mol. The second-order valence-corrected chi connectivity index (χ2v) is 8.51. The highest BCUT2D eigenvalue weighted by atomic mass is 79.9. The number of anilines is 2. The van der Waals surface area contributed by atoms with E-state index in [2.05, 4.69) is 37.1 Å². The van der Waals surface area contributed by atoms with E-state index in [4.69, 9.17) is 9.47 Å². The number of benzene rings is 3. The van der Waals surface area contributed by atoms with E-state index in [9.17, 15) is 9.59 Å². The number of pyridine rings is 1. The average molecular weight is 535 g/mol. The summed E-state index contributed by atoms with van der Waals surface area (Å²) in [5.74, 6) is 0.483. The maximum Gasteiger partial charge on any atom is 0.269 e. The average Bonchev–Trinajstić information content (AvgIpc) is 2.88. The van der Waals surface area contributed by atoms with Gasteiger partial charge in [0.25, 0.3) is 5.91 Å². The molecule has 178 valence electrons. The van der Waals surface area contributed by atoms with Gasteiger partial charge in [0.15, 0.2) is 11.5 Å². The van der Waals surface area contributed by atoms with Gasteiger partial charge in [0, 0.05) is 39.1 Å². The molecule has 0 spiro atoms. The molecule has 0 aliphatic rings. The van der Waals surface area contributed by atoms with Crippen molar-refractivity contribution in [3.63, 3.8) is 0 Å². The van der Waals surface area contributed by atoms with Crippen molar-refractivity contribution < 1.29 is 19.1 Å². The first-order valence-corrected chi connectivity index (χ1v) is 11.5. The molecule has 1 aromatic heterocycles. The number of amides is 2. The van der Waals surface area contributed by atoms with Crippen molar-refractivity contribution in [2.45, 2.75) is 6.42 Å². The molecule has 0 unspecified atom stereocenters. The van der Waals surface area contributed by atoms with Crippen LogP contribution in [-0.4, -0.2) is 31.0 Å². The molecule has 4 rings (SSSR count). The van der Waals surface area contributed by atoms with Crippen molar-refractivity contribution in [3.05, 3.63) is 88.5 Å². The van der Waals surface area contributed by atoms with Crippen LogP contribution in [0.25, 0.3) is 10.9 Å². The predicted molar refractivity (Wildman–Crippen MR) is 138 cm³/mol. The SMILES string of the molecule is COc1cc2nccc(Nc3ccc(C(=O)NNC(=O)Cc4ccc(Br)cc4)cc3)c2cc1OC. The van der Waals surface area contributed by atoms with Crippen LogP contribution in [0.4, 0.5) is 11.4 Å². The minimum Gasteiger partial charge on any atom is -0.493 e. The number of hydrogen-bond acceptors (Lipinski definition) is 6. The van der Waals surface area contributed by atoms with Gasteiger partial charge in [0.05, 0.1) is 26.2 Å². The Bertz CT molecular complexity index is 1360. The van der Waals surface area contributed by atoms with Crippen LogP contribution >= 0.6 is 15.9 Å². The summed E-state index contributed by atoms with van der Waals surface area (Å²) in [5.41, 5.74) is 8.50. The lowest BCUT2D eigenvalue weighted by molar-refractivity contribution is -0.121. The van der Waals surface area contributed by atoms with Crippen molar-refractivity contribution in [1.29, 1.82) is 0 Å². The molecule has 2 amide bonds. The van der Waals surface area contributed by atoms with Gasteiger partial charge in [-0.3, -0.25) is 25.4 Å². The number of carbonyl (C=O) groups excluding carboxylic acids is 2. The molecule has 0 bridgehead atoms. The van der Waals surface area contributed by atoms with E-state index in [1.54, 1.807) is 44.7 Å². The van der Waals surface area contributed by atoms with Gasteiger partial charge in [-0.25, -0.2) is 0 Å². The van der Waals surface area contributed by atoms with Crippen LogP contribution in [-0.2, 0) is 11.2 Å².